The Balaban J connectivity index is 2.05. The highest BCUT2D eigenvalue weighted by molar-refractivity contribution is 5.83. The average Bonchev–Trinajstić information content (AvgIpc) is 2.54. The lowest BCUT2D eigenvalue weighted by atomic mass is 10.0. The molecular formula is C18H22N2O2. The van der Waals surface area contributed by atoms with Crippen molar-refractivity contribution >= 4 is 5.91 Å². The zero-order chi connectivity index (χ0) is 16.1. The number of nitrogens with two attached hydrogens (primary N) is 1. The fourth-order valence-electron chi connectivity index (χ4n) is 2.22. The van der Waals surface area contributed by atoms with Gasteiger partial charge < -0.3 is 15.8 Å². The highest BCUT2D eigenvalue weighted by atomic mass is 16.5. The van der Waals surface area contributed by atoms with Gasteiger partial charge in [-0.3, -0.25) is 4.79 Å². The summed E-state index contributed by atoms with van der Waals surface area (Å²) in [6.45, 7) is 3.93. The number of carbonyl (C=O) groups is 1. The SMILES string of the molecule is COc1cccc(C(C)NC(=O)C(N)c2ccc(C)cc2)c1. The van der Waals surface area contributed by atoms with Gasteiger partial charge in [-0.15, -0.1) is 0 Å². The third-order valence-corrected chi connectivity index (χ3v) is 3.67. The number of aryl methyl sites for hydroxylation is 1. The lowest BCUT2D eigenvalue weighted by Crippen LogP contribution is -2.35. The molecule has 2 atom stereocenters. The summed E-state index contributed by atoms with van der Waals surface area (Å²) in [6.07, 6.45) is 0. The van der Waals surface area contributed by atoms with Gasteiger partial charge in [0.2, 0.25) is 5.91 Å². The van der Waals surface area contributed by atoms with Crippen LogP contribution in [0.15, 0.2) is 48.5 Å². The minimum Gasteiger partial charge on any atom is -0.497 e. The van der Waals surface area contributed by atoms with E-state index in [2.05, 4.69) is 5.32 Å². The monoisotopic (exact) mass is 298 g/mol. The molecule has 2 aromatic rings. The lowest BCUT2D eigenvalue weighted by molar-refractivity contribution is -0.123. The Kier molecular flexibility index (Phi) is 5.17. The average molecular weight is 298 g/mol. The normalized spacial score (nSPS) is 13.3. The third-order valence-electron chi connectivity index (χ3n) is 3.67. The first-order valence-corrected chi connectivity index (χ1v) is 7.27. The molecular weight excluding hydrogens is 276 g/mol. The molecule has 0 aromatic heterocycles. The number of hydrogen-bond donors (Lipinski definition) is 2. The fourth-order valence-corrected chi connectivity index (χ4v) is 2.22. The van der Waals surface area contributed by atoms with Gasteiger partial charge >= 0.3 is 0 Å². The number of hydrogen-bond acceptors (Lipinski definition) is 3. The van der Waals surface area contributed by atoms with Crippen LogP contribution in [0.4, 0.5) is 0 Å². The molecule has 0 saturated carbocycles. The van der Waals surface area contributed by atoms with E-state index in [0.29, 0.717) is 0 Å². The van der Waals surface area contributed by atoms with Gasteiger partial charge in [0.25, 0.3) is 0 Å². The number of ether oxygens (including phenoxy) is 1. The summed E-state index contributed by atoms with van der Waals surface area (Å²) in [6, 6.07) is 14.5. The van der Waals surface area contributed by atoms with Crippen molar-refractivity contribution in [2.75, 3.05) is 7.11 Å². The van der Waals surface area contributed by atoms with Gasteiger partial charge in [0.1, 0.15) is 11.8 Å². The molecule has 116 valence electrons. The van der Waals surface area contributed by atoms with Crippen molar-refractivity contribution in [3.63, 3.8) is 0 Å². The van der Waals surface area contributed by atoms with E-state index < -0.39 is 6.04 Å². The number of amides is 1. The Bertz CT molecular complexity index is 638. The first kappa shape index (κ1) is 16.0. The molecule has 2 unspecified atom stereocenters. The minimum atomic E-state index is -0.673. The van der Waals surface area contributed by atoms with E-state index in [1.165, 1.54) is 0 Å². The van der Waals surface area contributed by atoms with Gasteiger partial charge in [0, 0.05) is 0 Å². The van der Waals surface area contributed by atoms with Crippen molar-refractivity contribution in [2.24, 2.45) is 5.73 Å². The quantitative estimate of drug-likeness (QED) is 0.892. The van der Waals surface area contributed by atoms with Crippen LogP contribution >= 0.6 is 0 Å². The third kappa shape index (κ3) is 3.86. The molecule has 22 heavy (non-hydrogen) atoms. The maximum absolute atomic E-state index is 12.3. The van der Waals surface area contributed by atoms with Crippen LogP contribution in [0.3, 0.4) is 0 Å². The molecule has 4 nitrogen and oxygen atoms in total. The second kappa shape index (κ2) is 7.09. The predicted octanol–water partition coefficient (Wildman–Crippen LogP) is 2.88. The van der Waals surface area contributed by atoms with Crippen LogP contribution in [0.2, 0.25) is 0 Å². The first-order chi connectivity index (χ1) is 10.5. The molecule has 2 aromatic carbocycles. The van der Waals surface area contributed by atoms with Crippen LogP contribution in [0, 0.1) is 6.92 Å². The number of rotatable bonds is 5. The van der Waals surface area contributed by atoms with Crippen molar-refractivity contribution in [3.05, 3.63) is 65.2 Å². The molecule has 4 heteroatoms. The summed E-state index contributed by atoms with van der Waals surface area (Å²) in [5.41, 5.74) is 8.96. The number of nitrogens with one attached hydrogen (secondary N) is 1. The second-order valence-electron chi connectivity index (χ2n) is 5.40. The Labute approximate surface area is 131 Å². The van der Waals surface area contributed by atoms with E-state index in [1.807, 2.05) is 62.4 Å². The van der Waals surface area contributed by atoms with Crippen molar-refractivity contribution in [3.8, 4) is 5.75 Å². The summed E-state index contributed by atoms with van der Waals surface area (Å²) in [5, 5.41) is 2.94. The fraction of sp³-hybridized carbons (Fsp3) is 0.278. The van der Waals surface area contributed by atoms with E-state index >= 15 is 0 Å². The van der Waals surface area contributed by atoms with E-state index in [0.717, 1.165) is 22.4 Å². The van der Waals surface area contributed by atoms with Crippen LogP contribution in [0.1, 0.15) is 35.7 Å². The molecule has 0 heterocycles. The van der Waals surface area contributed by atoms with Crippen molar-refractivity contribution < 1.29 is 9.53 Å². The van der Waals surface area contributed by atoms with Crippen LogP contribution in [-0.2, 0) is 4.79 Å². The maximum Gasteiger partial charge on any atom is 0.241 e. The molecule has 0 aliphatic rings. The van der Waals surface area contributed by atoms with Crippen molar-refractivity contribution in [1.29, 1.82) is 0 Å². The predicted molar refractivity (Wildman–Crippen MR) is 87.7 cm³/mol. The summed E-state index contributed by atoms with van der Waals surface area (Å²) >= 11 is 0. The van der Waals surface area contributed by atoms with Gasteiger partial charge in [-0.2, -0.15) is 0 Å². The highest BCUT2D eigenvalue weighted by Crippen LogP contribution is 2.20. The highest BCUT2D eigenvalue weighted by Gasteiger charge is 2.18. The largest absolute Gasteiger partial charge is 0.497 e. The molecule has 3 N–H and O–H groups in total. The van der Waals surface area contributed by atoms with E-state index in [1.54, 1.807) is 7.11 Å². The minimum absolute atomic E-state index is 0.140. The molecule has 0 spiro atoms. The van der Waals surface area contributed by atoms with Gasteiger partial charge in [0.05, 0.1) is 13.2 Å². The second-order valence-corrected chi connectivity index (χ2v) is 5.40. The van der Waals surface area contributed by atoms with Gasteiger partial charge in [-0.05, 0) is 37.1 Å². The summed E-state index contributed by atoms with van der Waals surface area (Å²) < 4.78 is 5.20. The van der Waals surface area contributed by atoms with E-state index in [-0.39, 0.29) is 11.9 Å². The Morgan fingerprint density at radius 3 is 2.45 bits per heavy atom. The Hall–Kier alpha value is -2.33. The summed E-state index contributed by atoms with van der Waals surface area (Å²) in [7, 11) is 1.62. The zero-order valence-electron chi connectivity index (χ0n) is 13.2. The van der Waals surface area contributed by atoms with Gasteiger partial charge in [-0.25, -0.2) is 0 Å². The molecule has 0 fully saturated rings. The number of methoxy groups -OCH3 is 1. The van der Waals surface area contributed by atoms with Crippen LogP contribution < -0.4 is 15.8 Å². The topological polar surface area (TPSA) is 64.3 Å². The van der Waals surface area contributed by atoms with Crippen LogP contribution in [-0.4, -0.2) is 13.0 Å². The zero-order valence-corrected chi connectivity index (χ0v) is 13.2. The lowest BCUT2D eigenvalue weighted by Gasteiger charge is -2.18. The summed E-state index contributed by atoms with van der Waals surface area (Å²) in [5.74, 6) is 0.570. The summed E-state index contributed by atoms with van der Waals surface area (Å²) in [4.78, 5) is 12.3. The van der Waals surface area contributed by atoms with Crippen molar-refractivity contribution in [2.45, 2.75) is 25.9 Å². The Morgan fingerprint density at radius 1 is 1.14 bits per heavy atom. The van der Waals surface area contributed by atoms with E-state index in [4.69, 9.17) is 10.5 Å². The molecule has 0 radical (unpaired) electrons. The smallest absolute Gasteiger partial charge is 0.241 e. The van der Waals surface area contributed by atoms with Crippen LogP contribution in [0.5, 0.6) is 5.75 Å². The van der Waals surface area contributed by atoms with Gasteiger partial charge in [0.15, 0.2) is 0 Å². The van der Waals surface area contributed by atoms with Crippen LogP contribution in [0.25, 0.3) is 0 Å². The molecule has 0 saturated heterocycles. The standard InChI is InChI=1S/C18H22N2O2/c1-12-7-9-14(10-8-12)17(19)18(21)20-13(2)15-5-4-6-16(11-15)22-3/h4-11,13,17H,19H2,1-3H3,(H,20,21). The maximum atomic E-state index is 12.3. The number of carbonyl (C=O) groups excluding carboxylic acids is 1. The molecule has 0 aliphatic heterocycles. The first-order valence-electron chi connectivity index (χ1n) is 7.27. The molecule has 2 rings (SSSR count). The van der Waals surface area contributed by atoms with Crippen molar-refractivity contribution in [1.82, 2.24) is 5.32 Å². The molecule has 0 aliphatic carbocycles. The van der Waals surface area contributed by atoms with Gasteiger partial charge in [-0.1, -0.05) is 42.0 Å². The van der Waals surface area contributed by atoms with E-state index in [9.17, 15) is 4.79 Å². The number of benzene rings is 2. The molecule has 1 amide bonds. The molecule has 0 bridgehead atoms. The Morgan fingerprint density at radius 2 is 1.82 bits per heavy atom.